The van der Waals surface area contributed by atoms with Crippen molar-refractivity contribution in [3.63, 3.8) is 0 Å². The van der Waals surface area contributed by atoms with Gasteiger partial charge in [0.2, 0.25) is 0 Å². The zero-order chi connectivity index (χ0) is 8.15. The monoisotopic (exact) mass is 145 g/mol. The van der Waals surface area contributed by atoms with Gasteiger partial charge in [-0.15, -0.1) is 0 Å². The van der Waals surface area contributed by atoms with Gasteiger partial charge < -0.3 is 5.73 Å². The average Bonchev–Trinajstić information content (AvgIpc) is 1.85. The first-order valence-electron chi connectivity index (χ1n) is 2.71. The van der Waals surface area contributed by atoms with Crippen LogP contribution in [0.4, 0.5) is 8.78 Å². The number of halogens is 2. The lowest BCUT2D eigenvalue weighted by atomic mass is 10.3. The number of nitrogens with two attached hydrogens (primary N) is 1. The van der Waals surface area contributed by atoms with Crippen LogP contribution in [0.15, 0.2) is 36.1 Å². The third-order valence-electron chi connectivity index (χ3n) is 0.870. The van der Waals surface area contributed by atoms with Gasteiger partial charge in [-0.05, 0) is 6.92 Å². The fourth-order valence-corrected chi connectivity index (χ4v) is 0.359. The van der Waals surface area contributed by atoms with E-state index in [9.17, 15) is 8.78 Å². The Labute approximate surface area is 58.5 Å². The molecule has 0 aromatic carbocycles. The highest BCUT2D eigenvalue weighted by Crippen LogP contribution is 2.08. The van der Waals surface area contributed by atoms with Crippen molar-refractivity contribution >= 4 is 0 Å². The second kappa shape index (κ2) is 3.82. The molecule has 0 radical (unpaired) electrons. The first kappa shape index (κ1) is 8.88. The lowest BCUT2D eigenvalue weighted by Gasteiger charge is -1.93. The van der Waals surface area contributed by atoms with Crippen molar-refractivity contribution in [2.24, 2.45) is 5.73 Å². The van der Waals surface area contributed by atoms with Gasteiger partial charge in [0.05, 0.1) is 5.70 Å². The summed E-state index contributed by atoms with van der Waals surface area (Å²) in [6, 6.07) is 0. The topological polar surface area (TPSA) is 26.0 Å². The van der Waals surface area contributed by atoms with E-state index >= 15 is 0 Å². The van der Waals surface area contributed by atoms with Crippen molar-refractivity contribution in [3.8, 4) is 0 Å². The van der Waals surface area contributed by atoms with E-state index in [1.54, 1.807) is 6.92 Å². The van der Waals surface area contributed by atoms with Crippen molar-refractivity contribution in [2.75, 3.05) is 0 Å². The van der Waals surface area contributed by atoms with Gasteiger partial charge in [0.15, 0.2) is 0 Å². The lowest BCUT2D eigenvalue weighted by molar-refractivity contribution is 0.621. The summed E-state index contributed by atoms with van der Waals surface area (Å²) in [5, 5.41) is 0. The second-order valence-electron chi connectivity index (χ2n) is 1.68. The van der Waals surface area contributed by atoms with Gasteiger partial charge in [-0.2, -0.15) is 0 Å². The summed E-state index contributed by atoms with van der Waals surface area (Å²) in [4.78, 5) is 0. The van der Waals surface area contributed by atoms with E-state index in [4.69, 9.17) is 5.73 Å². The molecule has 2 N–H and O–H groups in total. The number of hydrogen-bond acceptors (Lipinski definition) is 1. The summed E-state index contributed by atoms with van der Waals surface area (Å²) < 4.78 is 24.3. The Hall–Kier alpha value is -1.12. The zero-order valence-corrected chi connectivity index (χ0v) is 5.70. The van der Waals surface area contributed by atoms with Crippen LogP contribution in [0.3, 0.4) is 0 Å². The minimum absolute atomic E-state index is 0.0844. The van der Waals surface area contributed by atoms with E-state index in [0.717, 1.165) is 0 Å². The van der Waals surface area contributed by atoms with Crippen molar-refractivity contribution < 1.29 is 8.78 Å². The molecule has 0 amide bonds. The Morgan fingerprint density at radius 1 is 1.50 bits per heavy atom. The Kier molecular flexibility index (Phi) is 3.39. The maximum atomic E-state index is 12.4. The summed E-state index contributed by atoms with van der Waals surface area (Å²) in [5.74, 6) is -1.64. The van der Waals surface area contributed by atoms with E-state index in [0.29, 0.717) is 6.08 Å². The molecule has 0 spiro atoms. The maximum absolute atomic E-state index is 12.4. The Bertz CT molecular complexity index is 192. The molecule has 0 atom stereocenters. The molecule has 0 unspecified atom stereocenters. The molecule has 56 valence electrons. The predicted octanol–water partition coefficient (Wildman–Crippen LogP) is 2.19. The molecule has 10 heavy (non-hydrogen) atoms. The summed E-state index contributed by atoms with van der Waals surface area (Å²) in [6.45, 7) is 4.41. The minimum Gasteiger partial charge on any atom is -0.397 e. The zero-order valence-electron chi connectivity index (χ0n) is 5.70. The number of hydrogen-bond donors (Lipinski definition) is 1. The highest BCUT2D eigenvalue weighted by molar-refractivity contribution is 5.26. The molecule has 0 saturated heterocycles. The molecule has 0 aromatic rings. The summed E-state index contributed by atoms with van der Waals surface area (Å²) in [6.07, 6.45) is 1.98. The lowest BCUT2D eigenvalue weighted by Crippen LogP contribution is -1.96. The minimum atomic E-state index is -0.845. The summed E-state index contributed by atoms with van der Waals surface area (Å²) in [5.41, 5.74) is 4.99. The van der Waals surface area contributed by atoms with Crippen LogP contribution in [0, 0.1) is 0 Å². The Morgan fingerprint density at radius 3 is 2.30 bits per heavy atom. The standard InChI is InChI=1S/C7H9F2N/c1-3-7(10)6(9)4-5(2)8/h3-4H,2,10H2,1H3/b6-4+,7-3+. The van der Waals surface area contributed by atoms with Crippen LogP contribution in [0.1, 0.15) is 6.92 Å². The number of allylic oxidation sites excluding steroid dienone is 4. The van der Waals surface area contributed by atoms with E-state index in [1.165, 1.54) is 6.08 Å². The third kappa shape index (κ3) is 3.02. The second-order valence-corrected chi connectivity index (χ2v) is 1.68. The van der Waals surface area contributed by atoms with Crippen molar-refractivity contribution in [1.82, 2.24) is 0 Å². The van der Waals surface area contributed by atoms with Crippen LogP contribution in [0.2, 0.25) is 0 Å². The van der Waals surface area contributed by atoms with Gasteiger partial charge in [0.1, 0.15) is 11.7 Å². The van der Waals surface area contributed by atoms with Crippen LogP contribution in [-0.4, -0.2) is 0 Å². The van der Waals surface area contributed by atoms with Crippen LogP contribution in [0.25, 0.3) is 0 Å². The maximum Gasteiger partial charge on any atom is 0.148 e. The molecule has 0 aliphatic heterocycles. The normalized spacial score (nSPS) is 13.5. The van der Waals surface area contributed by atoms with Crippen molar-refractivity contribution in [2.45, 2.75) is 6.92 Å². The molecule has 0 bridgehead atoms. The SMILES string of the molecule is C=C(F)/C=C(F)\C(N)=C/C. The predicted molar refractivity (Wildman–Crippen MR) is 37.4 cm³/mol. The van der Waals surface area contributed by atoms with Gasteiger partial charge in [0, 0.05) is 6.08 Å². The van der Waals surface area contributed by atoms with Crippen LogP contribution >= 0.6 is 0 Å². The summed E-state index contributed by atoms with van der Waals surface area (Å²) >= 11 is 0. The largest absolute Gasteiger partial charge is 0.397 e. The Morgan fingerprint density at radius 2 is 2.00 bits per heavy atom. The molecular weight excluding hydrogens is 136 g/mol. The van der Waals surface area contributed by atoms with E-state index in [2.05, 4.69) is 6.58 Å². The molecule has 0 heterocycles. The molecule has 0 aromatic heterocycles. The first-order chi connectivity index (χ1) is 4.57. The van der Waals surface area contributed by atoms with E-state index in [-0.39, 0.29) is 5.70 Å². The van der Waals surface area contributed by atoms with Crippen LogP contribution < -0.4 is 5.73 Å². The molecular formula is C7H9F2N. The molecule has 0 fully saturated rings. The fraction of sp³-hybridized carbons (Fsp3) is 0.143. The molecule has 3 heteroatoms. The smallest absolute Gasteiger partial charge is 0.148 e. The van der Waals surface area contributed by atoms with Crippen molar-refractivity contribution in [3.05, 3.63) is 36.1 Å². The summed E-state index contributed by atoms with van der Waals surface area (Å²) in [7, 11) is 0. The highest BCUT2D eigenvalue weighted by Gasteiger charge is 1.96. The fourth-order valence-electron chi connectivity index (χ4n) is 0.359. The van der Waals surface area contributed by atoms with Crippen LogP contribution in [-0.2, 0) is 0 Å². The van der Waals surface area contributed by atoms with E-state index < -0.39 is 11.7 Å². The molecule has 0 aliphatic carbocycles. The van der Waals surface area contributed by atoms with Gasteiger partial charge in [-0.1, -0.05) is 12.7 Å². The van der Waals surface area contributed by atoms with Gasteiger partial charge in [0.25, 0.3) is 0 Å². The average molecular weight is 145 g/mol. The highest BCUT2D eigenvalue weighted by atomic mass is 19.1. The number of rotatable bonds is 2. The first-order valence-corrected chi connectivity index (χ1v) is 2.71. The van der Waals surface area contributed by atoms with Gasteiger partial charge in [-0.25, -0.2) is 8.78 Å². The molecule has 0 rings (SSSR count). The Balaban J connectivity index is 4.35. The van der Waals surface area contributed by atoms with Gasteiger partial charge >= 0.3 is 0 Å². The van der Waals surface area contributed by atoms with Gasteiger partial charge in [-0.3, -0.25) is 0 Å². The third-order valence-corrected chi connectivity index (χ3v) is 0.870. The molecule has 0 saturated carbocycles. The molecule has 1 nitrogen and oxygen atoms in total. The molecule has 0 aliphatic rings. The quantitative estimate of drug-likeness (QED) is 0.592. The van der Waals surface area contributed by atoms with E-state index in [1.807, 2.05) is 0 Å². The van der Waals surface area contributed by atoms with Crippen molar-refractivity contribution in [1.29, 1.82) is 0 Å². The van der Waals surface area contributed by atoms with Crippen LogP contribution in [0.5, 0.6) is 0 Å².